The second kappa shape index (κ2) is 10.3. The molecule has 8 heteroatoms. The van der Waals surface area contributed by atoms with Gasteiger partial charge in [0.2, 0.25) is 0 Å². The van der Waals surface area contributed by atoms with Crippen LogP contribution in [0.4, 0.5) is 14.6 Å². The summed E-state index contributed by atoms with van der Waals surface area (Å²) in [5, 5.41) is 23.6. The molecule has 244 valence electrons. The van der Waals surface area contributed by atoms with Gasteiger partial charge in [-0.1, -0.05) is 38.1 Å². The fraction of sp³-hybridized carbons (Fsp3) is 0.579. The molecule has 0 amide bonds. The molecule has 2 spiro atoms. The van der Waals surface area contributed by atoms with Crippen LogP contribution in [0, 0.1) is 45.1 Å². The van der Waals surface area contributed by atoms with Crippen LogP contribution in [-0.4, -0.2) is 70.3 Å². The number of Topliss-reactive ketones (excluding diaryl/α,β-unsaturated/α-hetero) is 1. The number of β-amino-alcohol motifs (C(OH)–C–C–N with tert-alkyl or cyclic N) is 1. The molecule has 2 bridgehead atoms. The van der Waals surface area contributed by atoms with Gasteiger partial charge in [-0.3, -0.25) is 9.69 Å². The number of nitrogens with zero attached hydrogens (tertiary/aromatic N) is 3. The summed E-state index contributed by atoms with van der Waals surface area (Å²) in [6, 6.07) is 9.44. The van der Waals surface area contributed by atoms with Gasteiger partial charge in [-0.05, 0) is 92.5 Å². The largest absolute Gasteiger partial charge is 0.393 e. The monoisotopic (exact) mass is 629 g/mol. The Morgan fingerprint density at radius 1 is 0.935 bits per heavy atom. The van der Waals surface area contributed by atoms with E-state index in [4.69, 9.17) is 0 Å². The van der Waals surface area contributed by atoms with Crippen LogP contribution in [0.2, 0.25) is 0 Å². The van der Waals surface area contributed by atoms with Crippen LogP contribution in [0.3, 0.4) is 0 Å². The van der Waals surface area contributed by atoms with Crippen molar-refractivity contribution in [2.75, 3.05) is 37.6 Å². The quantitative estimate of drug-likeness (QED) is 0.314. The van der Waals surface area contributed by atoms with E-state index in [0.717, 1.165) is 76.2 Å². The third-order valence-corrected chi connectivity index (χ3v) is 14.0. The first kappa shape index (κ1) is 30.4. The van der Waals surface area contributed by atoms with Crippen LogP contribution >= 0.6 is 0 Å². The number of carbonyl (C=O) groups excluding carboxylic acids is 1. The molecule has 7 aliphatic rings. The predicted molar refractivity (Wildman–Crippen MR) is 172 cm³/mol. The number of allylic oxidation sites excluding steroid dienone is 4. The van der Waals surface area contributed by atoms with Gasteiger partial charge in [0.1, 0.15) is 5.82 Å². The molecular formula is C38H45F2N3O3. The number of hydrogen-bond acceptors (Lipinski definition) is 6. The maximum Gasteiger partial charge on any atom is 0.189 e. The summed E-state index contributed by atoms with van der Waals surface area (Å²) in [6.45, 7) is 8.57. The van der Waals surface area contributed by atoms with Gasteiger partial charge in [0.15, 0.2) is 17.4 Å². The summed E-state index contributed by atoms with van der Waals surface area (Å²) < 4.78 is 28.5. The Morgan fingerprint density at radius 2 is 1.67 bits per heavy atom. The summed E-state index contributed by atoms with van der Waals surface area (Å²) in [7, 11) is 0. The molecule has 1 aliphatic heterocycles. The topological polar surface area (TPSA) is 76.9 Å². The smallest absolute Gasteiger partial charge is 0.189 e. The molecule has 46 heavy (non-hydrogen) atoms. The van der Waals surface area contributed by atoms with Gasteiger partial charge < -0.3 is 15.1 Å². The minimum atomic E-state index is -1.03. The number of aliphatic hydroxyl groups is 2. The van der Waals surface area contributed by atoms with Gasteiger partial charge in [0.25, 0.3) is 0 Å². The molecule has 4 fully saturated rings. The van der Waals surface area contributed by atoms with Gasteiger partial charge in [0, 0.05) is 66.3 Å². The Morgan fingerprint density at radius 3 is 2.41 bits per heavy atom. The molecule has 8 atom stereocenters. The third-order valence-electron chi connectivity index (χ3n) is 14.0. The number of aliphatic hydroxyl groups excluding tert-OH is 1. The lowest BCUT2D eigenvalue weighted by Gasteiger charge is -2.71. The van der Waals surface area contributed by atoms with E-state index in [1.165, 1.54) is 6.07 Å². The number of benzene rings is 1. The standard InChI is InChI=1S/C38H45F2N3O3/c1-34-11-8-26(44)22-36(34)14-15-38(27(23-36)33(45)25-6-7-28(39)29(40)21-25)30(34)9-12-35(2)31(38)10-13-37(35,46)24-42-17-19-43(20-18-42)32-5-3-4-16-41-32/h3-7,14-16,21,23,26,30-31,44,46H,8-13,17-20,22,24H2,1-2H3/t26?,30-,31-,34-,35+,36+,37-,38-/m1/s1. The SMILES string of the molecule is C[C@]12CC[C@H]3[C@]4(C=C[C@@]5(C=C4C(=O)c4ccc(F)c(F)c4)CC(O)CC[C@]35C)[C@@H]1CC[C@@]2(O)CN1CCN(c2ccccn2)CC1. The maximum atomic E-state index is 14.5. The summed E-state index contributed by atoms with van der Waals surface area (Å²) >= 11 is 0. The van der Waals surface area contributed by atoms with Crippen molar-refractivity contribution >= 4 is 11.6 Å². The summed E-state index contributed by atoms with van der Waals surface area (Å²) in [6.07, 6.45) is 13.3. The van der Waals surface area contributed by atoms with E-state index < -0.39 is 39.6 Å². The molecule has 0 radical (unpaired) electrons. The number of pyridine rings is 1. The second-order valence-electron chi connectivity index (χ2n) is 15.7. The van der Waals surface area contributed by atoms with Crippen molar-refractivity contribution in [3.05, 3.63) is 83.6 Å². The van der Waals surface area contributed by atoms with Crippen LogP contribution in [-0.2, 0) is 0 Å². The van der Waals surface area contributed by atoms with Crippen molar-refractivity contribution in [3.8, 4) is 0 Å². The van der Waals surface area contributed by atoms with Crippen molar-refractivity contribution in [2.45, 2.75) is 70.5 Å². The highest BCUT2D eigenvalue weighted by Gasteiger charge is 2.74. The molecule has 2 aromatic rings. The lowest BCUT2D eigenvalue weighted by atomic mass is 9.32. The molecule has 2 N–H and O–H groups in total. The molecule has 1 saturated heterocycles. The molecule has 1 unspecified atom stereocenters. The lowest BCUT2D eigenvalue weighted by molar-refractivity contribution is -0.176. The van der Waals surface area contributed by atoms with Gasteiger partial charge in [-0.15, -0.1) is 0 Å². The number of anilines is 1. The number of fused-ring (bicyclic) bond motifs is 1. The fourth-order valence-electron chi connectivity index (χ4n) is 11.4. The zero-order valence-electron chi connectivity index (χ0n) is 26.9. The number of aromatic nitrogens is 1. The fourth-order valence-corrected chi connectivity index (χ4v) is 11.4. The molecule has 3 saturated carbocycles. The number of ketones is 1. The summed E-state index contributed by atoms with van der Waals surface area (Å²) in [5.74, 6) is -1.12. The Labute approximate surface area is 270 Å². The van der Waals surface area contributed by atoms with Crippen LogP contribution in [0.5, 0.6) is 0 Å². The van der Waals surface area contributed by atoms with E-state index in [-0.39, 0.29) is 28.6 Å². The number of rotatable bonds is 5. The first-order valence-corrected chi connectivity index (χ1v) is 17.2. The predicted octanol–water partition coefficient (Wildman–Crippen LogP) is 5.96. The zero-order valence-corrected chi connectivity index (χ0v) is 26.9. The third kappa shape index (κ3) is 4.02. The Hall–Kier alpha value is -2.94. The Balaban J connectivity index is 1.15. The molecule has 6 aliphatic carbocycles. The summed E-state index contributed by atoms with van der Waals surface area (Å²) in [5.41, 5.74) is -1.82. The van der Waals surface area contributed by atoms with E-state index in [0.29, 0.717) is 25.0 Å². The number of carbonyl (C=O) groups is 1. The van der Waals surface area contributed by atoms with Gasteiger partial charge >= 0.3 is 0 Å². The molecular weight excluding hydrogens is 584 g/mol. The molecule has 2 heterocycles. The van der Waals surface area contributed by atoms with Gasteiger partial charge in [-0.2, -0.15) is 0 Å². The number of piperazine rings is 1. The average molecular weight is 630 g/mol. The average Bonchev–Trinajstić information content (AvgIpc) is 3.32. The first-order valence-electron chi connectivity index (χ1n) is 17.2. The van der Waals surface area contributed by atoms with Crippen molar-refractivity contribution in [2.24, 2.45) is 33.5 Å². The number of halogens is 2. The molecule has 1 aromatic heterocycles. The first-order chi connectivity index (χ1) is 21.9. The van der Waals surface area contributed by atoms with Crippen LogP contribution in [0.25, 0.3) is 0 Å². The van der Waals surface area contributed by atoms with Gasteiger partial charge in [0.05, 0.1) is 11.7 Å². The maximum absolute atomic E-state index is 14.5. The van der Waals surface area contributed by atoms with E-state index >= 15 is 0 Å². The van der Waals surface area contributed by atoms with Crippen LogP contribution in [0.1, 0.15) is 69.2 Å². The molecule has 9 rings (SSSR count). The van der Waals surface area contributed by atoms with Crippen LogP contribution < -0.4 is 4.90 Å². The van der Waals surface area contributed by atoms with E-state index in [1.54, 1.807) is 0 Å². The van der Waals surface area contributed by atoms with Crippen molar-refractivity contribution in [1.29, 1.82) is 0 Å². The lowest BCUT2D eigenvalue weighted by Crippen LogP contribution is -2.67. The Kier molecular flexibility index (Phi) is 6.79. The highest BCUT2D eigenvalue weighted by atomic mass is 19.2. The van der Waals surface area contributed by atoms with E-state index in [9.17, 15) is 23.8 Å². The van der Waals surface area contributed by atoms with E-state index in [2.05, 4.69) is 46.9 Å². The van der Waals surface area contributed by atoms with Crippen molar-refractivity contribution < 1.29 is 23.8 Å². The molecule has 1 aromatic carbocycles. The second-order valence-corrected chi connectivity index (χ2v) is 15.7. The Bertz CT molecular complexity index is 1620. The van der Waals surface area contributed by atoms with Crippen molar-refractivity contribution in [3.63, 3.8) is 0 Å². The summed E-state index contributed by atoms with van der Waals surface area (Å²) in [4.78, 5) is 23.8. The van der Waals surface area contributed by atoms with Crippen molar-refractivity contribution in [1.82, 2.24) is 9.88 Å². The highest BCUT2D eigenvalue weighted by Crippen LogP contribution is 2.78. The zero-order chi connectivity index (χ0) is 32.1. The van der Waals surface area contributed by atoms with Gasteiger partial charge in [-0.25, -0.2) is 13.8 Å². The normalized spacial score (nSPS) is 41.5. The van der Waals surface area contributed by atoms with Crippen LogP contribution in [0.15, 0.2) is 66.4 Å². The minimum Gasteiger partial charge on any atom is -0.393 e. The highest BCUT2D eigenvalue weighted by molar-refractivity contribution is 6.10. The minimum absolute atomic E-state index is 0.0114. The molecule has 6 nitrogen and oxygen atoms in total. The number of hydrogen-bond donors (Lipinski definition) is 2. The van der Waals surface area contributed by atoms with E-state index in [1.807, 2.05) is 24.4 Å².